The summed E-state index contributed by atoms with van der Waals surface area (Å²) in [5.74, 6) is -3.30. The normalized spacial score (nSPS) is 20.6. The van der Waals surface area contributed by atoms with Gasteiger partial charge in [0.1, 0.15) is 30.3 Å². The molecule has 15 heteroatoms. The van der Waals surface area contributed by atoms with E-state index in [4.69, 9.17) is 4.74 Å². The molecule has 1 fully saturated rings. The Morgan fingerprint density at radius 2 is 2.03 bits per heavy atom. The average Bonchev–Trinajstić information content (AvgIpc) is 2.98. The number of carboxylic acid groups (broad SMARTS) is 1. The fraction of sp³-hybridized carbons (Fsp3) is 0.471. The van der Waals surface area contributed by atoms with E-state index in [0.29, 0.717) is 0 Å². The van der Waals surface area contributed by atoms with Gasteiger partial charge in [-0.25, -0.2) is 4.79 Å². The van der Waals surface area contributed by atoms with Crippen LogP contribution in [0.3, 0.4) is 0 Å². The molecular weight excluding hydrogens is 525 g/mol. The van der Waals surface area contributed by atoms with Crippen molar-refractivity contribution in [3.05, 3.63) is 27.1 Å². The van der Waals surface area contributed by atoms with E-state index in [0.717, 1.165) is 16.5 Å². The van der Waals surface area contributed by atoms with Gasteiger partial charge in [0.2, 0.25) is 5.91 Å². The van der Waals surface area contributed by atoms with Crippen LogP contribution >= 0.6 is 27.7 Å². The first kappa shape index (κ1) is 24.1. The first-order valence-corrected chi connectivity index (χ1v) is 10.8. The number of fused-ring (bicyclic) bond motifs is 1. The fourth-order valence-electron chi connectivity index (χ4n) is 3.20. The van der Waals surface area contributed by atoms with Crippen molar-refractivity contribution in [2.24, 2.45) is 0 Å². The number of β-lactam (4-membered cyclic amide) rings is 1. The van der Waals surface area contributed by atoms with E-state index in [2.05, 4.69) is 26.3 Å². The van der Waals surface area contributed by atoms with Crippen molar-refractivity contribution in [1.29, 1.82) is 0 Å². The van der Waals surface area contributed by atoms with E-state index < -0.39 is 53.6 Å². The van der Waals surface area contributed by atoms with Crippen molar-refractivity contribution in [2.45, 2.75) is 38.0 Å². The highest BCUT2D eigenvalue weighted by atomic mass is 79.9. The van der Waals surface area contributed by atoms with Crippen LogP contribution in [0.4, 0.5) is 13.2 Å². The lowest BCUT2D eigenvalue weighted by molar-refractivity contribution is -0.151. The van der Waals surface area contributed by atoms with Crippen LogP contribution in [0.1, 0.15) is 18.3 Å². The molecule has 2 N–H and O–H groups in total. The van der Waals surface area contributed by atoms with Gasteiger partial charge < -0.3 is 15.2 Å². The monoisotopic (exact) mass is 540 g/mol. The zero-order chi connectivity index (χ0) is 24.0. The number of nitrogens with zero attached hydrogens (tertiary/aromatic N) is 3. The zero-order valence-corrected chi connectivity index (χ0v) is 18.9. The van der Waals surface area contributed by atoms with Crippen LogP contribution in [0.5, 0.6) is 0 Å². The van der Waals surface area contributed by atoms with Crippen LogP contribution < -0.4 is 5.32 Å². The first-order valence-electron chi connectivity index (χ1n) is 8.95. The molecule has 2 amide bonds. The molecule has 1 saturated heterocycles. The number of carbonyl (C=O) groups excluding carboxylic acids is 3. The number of alkyl halides is 3. The van der Waals surface area contributed by atoms with Crippen molar-refractivity contribution >= 4 is 51.4 Å². The Balaban J connectivity index is 1.71. The van der Waals surface area contributed by atoms with Gasteiger partial charge in [-0.2, -0.15) is 18.3 Å². The summed E-state index contributed by atoms with van der Waals surface area (Å²) < 4.78 is 44.4. The number of hydrogen-bond donors (Lipinski definition) is 2. The van der Waals surface area contributed by atoms with Gasteiger partial charge in [0.05, 0.1) is 10.2 Å². The Kier molecular flexibility index (Phi) is 6.60. The average molecular weight is 541 g/mol. The lowest BCUT2D eigenvalue weighted by Gasteiger charge is -2.49. The summed E-state index contributed by atoms with van der Waals surface area (Å²) in [6.45, 7) is 1.66. The third-order valence-electron chi connectivity index (χ3n) is 4.71. The second-order valence-electron chi connectivity index (χ2n) is 6.90. The second kappa shape index (κ2) is 8.77. The number of aromatic nitrogens is 2. The number of thioether (sulfide) groups is 1. The van der Waals surface area contributed by atoms with Crippen LogP contribution in [0.15, 0.2) is 15.7 Å². The Bertz CT molecular complexity index is 1040. The Hall–Kier alpha value is -2.55. The van der Waals surface area contributed by atoms with E-state index in [-0.39, 0.29) is 33.8 Å². The number of esters is 1. The molecule has 2 aliphatic rings. The molecule has 0 spiro atoms. The summed E-state index contributed by atoms with van der Waals surface area (Å²) in [5, 5.41) is 14.6. The van der Waals surface area contributed by atoms with Crippen LogP contribution in [0.2, 0.25) is 0 Å². The quantitative estimate of drug-likeness (QED) is 0.407. The zero-order valence-electron chi connectivity index (χ0n) is 16.5. The predicted molar refractivity (Wildman–Crippen MR) is 106 cm³/mol. The predicted octanol–water partition coefficient (Wildman–Crippen LogP) is 1.27. The largest absolute Gasteiger partial charge is 0.477 e. The molecule has 1 aromatic rings. The van der Waals surface area contributed by atoms with Gasteiger partial charge in [0.15, 0.2) is 5.69 Å². The maximum Gasteiger partial charge on any atom is 0.436 e. The number of nitrogens with one attached hydrogen (secondary N) is 1. The van der Waals surface area contributed by atoms with Crippen LogP contribution in [-0.4, -0.2) is 67.3 Å². The van der Waals surface area contributed by atoms with Gasteiger partial charge in [-0.05, 0) is 22.9 Å². The molecule has 10 nitrogen and oxygen atoms in total. The summed E-state index contributed by atoms with van der Waals surface area (Å²) >= 11 is 3.98. The van der Waals surface area contributed by atoms with Gasteiger partial charge in [0, 0.05) is 18.2 Å². The third kappa shape index (κ3) is 4.48. The van der Waals surface area contributed by atoms with Gasteiger partial charge in [-0.3, -0.25) is 24.0 Å². The Morgan fingerprint density at radius 3 is 2.56 bits per heavy atom. The number of ether oxygens (including phenoxy) is 1. The van der Waals surface area contributed by atoms with Crippen molar-refractivity contribution in [2.75, 3.05) is 12.4 Å². The minimum absolute atomic E-state index is 0.0762. The molecule has 32 heavy (non-hydrogen) atoms. The lowest BCUT2D eigenvalue weighted by Crippen LogP contribution is -2.70. The van der Waals surface area contributed by atoms with Crippen LogP contribution in [-0.2, 0) is 36.6 Å². The molecule has 2 atom stereocenters. The van der Waals surface area contributed by atoms with E-state index in [1.807, 2.05) is 0 Å². The summed E-state index contributed by atoms with van der Waals surface area (Å²) in [5.41, 5.74) is -1.17. The molecule has 1 aromatic heterocycles. The summed E-state index contributed by atoms with van der Waals surface area (Å²) in [6, 6.07) is -1.06. The molecule has 3 heterocycles. The van der Waals surface area contributed by atoms with Gasteiger partial charge in [-0.15, -0.1) is 11.8 Å². The molecule has 2 aliphatic heterocycles. The van der Waals surface area contributed by atoms with E-state index in [9.17, 15) is 37.5 Å². The first-order chi connectivity index (χ1) is 14.8. The molecule has 0 aromatic carbocycles. The molecule has 0 bridgehead atoms. The minimum atomic E-state index is -4.71. The summed E-state index contributed by atoms with van der Waals surface area (Å²) in [7, 11) is 0. The van der Waals surface area contributed by atoms with E-state index in [1.54, 1.807) is 0 Å². The molecule has 3 rings (SSSR count). The molecule has 0 aliphatic carbocycles. The molecule has 0 radical (unpaired) electrons. The van der Waals surface area contributed by atoms with Crippen molar-refractivity contribution in [3.63, 3.8) is 0 Å². The number of aliphatic carboxylic acids is 1. The summed E-state index contributed by atoms with van der Waals surface area (Å²) in [6.07, 6.45) is -4.71. The number of carbonyl (C=O) groups is 4. The van der Waals surface area contributed by atoms with Crippen molar-refractivity contribution in [3.8, 4) is 0 Å². The number of carboxylic acids is 1. The Morgan fingerprint density at radius 1 is 1.38 bits per heavy atom. The van der Waals surface area contributed by atoms with Crippen molar-refractivity contribution in [1.82, 2.24) is 20.0 Å². The van der Waals surface area contributed by atoms with Crippen LogP contribution in [0.25, 0.3) is 0 Å². The molecule has 174 valence electrons. The lowest BCUT2D eigenvalue weighted by atomic mass is 10.0. The number of amides is 2. The topological polar surface area (TPSA) is 131 Å². The van der Waals surface area contributed by atoms with Crippen LogP contribution in [0, 0.1) is 6.92 Å². The highest BCUT2D eigenvalue weighted by Gasteiger charge is 2.54. The highest BCUT2D eigenvalue weighted by Crippen LogP contribution is 2.40. The minimum Gasteiger partial charge on any atom is -0.477 e. The highest BCUT2D eigenvalue weighted by molar-refractivity contribution is 9.10. The number of halogens is 4. The maximum atomic E-state index is 13.0. The molecule has 0 unspecified atom stereocenters. The fourth-order valence-corrected chi connectivity index (χ4v) is 5.03. The third-order valence-corrected chi connectivity index (χ3v) is 7.00. The summed E-state index contributed by atoms with van der Waals surface area (Å²) in [4.78, 5) is 48.6. The SMILES string of the molecule is CC(=O)OCC1=C(C(=O)O)N2C(=O)[C@H](NC(=O)Cn3nc(C(F)(F)F)c(Br)c3C)[C@@H]2SC1. The standard InChI is InChI=1S/C17H16BrF3N4O6S/c1-6-10(18)13(17(19,20)21)23-24(6)3-9(27)22-11-14(28)25-12(16(29)30)8(4-31-7(2)26)5-32-15(11)25/h11,15H,3-5H2,1-2H3,(H,22,27)(H,29,30)/t11-,15-/m0/s1. The number of hydrogen-bond acceptors (Lipinski definition) is 7. The van der Waals surface area contributed by atoms with Gasteiger partial charge in [0.25, 0.3) is 5.91 Å². The van der Waals surface area contributed by atoms with Crippen molar-refractivity contribution < 1.29 is 42.2 Å². The smallest absolute Gasteiger partial charge is 0.436 e. The van der Waals surface area contributed by atoms with E-state index >= 15 is 0 Å². The van der Waals surface area contributed by atoms with E-state index in [1.165, 1.54) is 18.7 Å². The Labute approximate surface area is 191 Å². The second-order valence-corrected chi connectivity index (χ2v) is 8.79. The van der Waals surface area contributed by atoms with Gasteiger partial charge in [-0.1, -0.05) is 0 Å². The maximum absolute atomic E-state index is 13.0. The van der Waals surface area contributed by atoms with Gasteiger partial charge >= 0.3 is 18.1 Å². The molecular formula is C17H16BrF3N4O6S. The number of rotatable bonds is 6. The molecule has 0 saturated carbocycles.